The molecule has 0 aliphatic heterocycles. The summed E-state index contributed by atoms with van der Waals surface area (Å²) in [6.45, 7) is 11.5. The van der Waals surface area contributed by atoms with Gasteiger partial charge in [0.15, 0.2) is 0 Å². The summed E-state index contributed by atoms with van der Waals surface area (Å²) >= 11 is 0. The Morgan fingerprint density at radius 3 is 2.00 bits per heavy atom. The fourth-order valence-electron chi connectivity index (χ4n) is 0.899. The van der Waals surface area contributed by atoms with E-state index in [1.165, 1.54) is 0 Å². The number of hydrogen-bond acceptors (Lipinski definition) is 2. The van der Waals surface area contributed by atoms with Crippen molar-refractivity contribution < 1.29 is 10.2 Å². The van der Waals surface area contributed by atoms with Gasteiger partial charge in [0.25, 0.3) is 0 Å². The molecule has 0 amide bonds. The van der Waals surface area contributed by atoms with Crippen LogP contribution >= 0.6 is 0 Å². The van der Waals surface area contributed by atoms with Gasteiger partial charge in [-0.05, 0) is 17.4 Å². The minimum absolute atomic E-state index is 0.143. The number of rotatable bonds is 3. The van der Waals surface area contributed by atoms with Crippen molar-refractivity contribution in [3.8, 4) is 0 Å². The SMILES string of the molecule is C=C([C@@H](O)[C@@H](O)CC)C(C)(C)C. The highest BCUT2D eigenvalue weighted by Crippen LogP contribution is 2.27. The van der Waals surface area contributed by atoms with Gasteiger partial charge in [0.05, 0.1) is 6.10 Å². The van der Waals surface area contributed by atoms with E-state index in [1.54, 1.807) is 0 Å². The molecule has 0 unspecified atom stereocenters. The van der Waals surface area contributed by atoms with Crippen molar-refractivity contribution in [2.45, 2.75) is 46.3 Å². The molecule has 2 heteroatoms. The highest BCUT2D eigenvalue weighted by atomic mass is 16.3. The Kier molecular flexibility index (Phi) is 3.94. The molecule has 0 fully saturated rings. The maximum atomic E-state index is 9.57. The molecule has 2 N–H and O–H groups in total. The molecule has 0 spiro atoms. The van der Waals surface area contributed by atoms with Gasteiger partial charge in [0, 0.05) is 0 Å². The summed E-state index contributed by atoms with van der Waals surface area (Å²) in [7, 11) is 0. The molecule has 12 heavy (non-hydrogen) atoms. The quantitative estimate of drug-likeness (QED) is 0.636. The number of aliphatic hydroxyl groups excluding tert-OH is 2. The van der Waals surface area contributed by atoms with Crippen LogP contribution in [0.25, 0.3) is 0 Å². The molecule has 0 heterocycles. The van der Waals surface area contributed by atoms with E-state index in [4.69, 9.17) is 0 Å². The zero-order valence-corrected chi connectivity index (χ0v) is 8.46. The first kappa shape index (κ1) is 11.7. The molecule has 0 saturated carbocycles. The second-order valence-electron chi connectivity index (χ2n) is 4.20. The second-order valence-corrected chi connectivity index (χ2v) is 4.20. The third kappa shape index (κ3) is 2.95. The lowest BCUT2D eigenvalue weighted by molar-refractivity contribution is 0.0302. The Balaban J connectivity index is 4.30. The van der Waals surface area contributed by atoms with Crippen LogP contribution in [0.2, 0.25) is 0 Å². The van der Waals surface area contributed by atoms with Gasteiger partial charge in [0.2, 0.25) is 0 Å². The van der Waals surface area contributed by atoms with Gasteiger partial charge in [-0.2, -0.15) is 0 Å². The van der Waals surface area contributed by atoms with Crippen LogP contribution in [-0.2, 0) is 0 Å². The molecule has 0 saturated heterocycles. The largest absolute Gasteiger partial charge is 0.390 e. The minimum atomic E-state index is -0.796. The molecule has 0 aromatic rings. The third-order valence-electron chi connectivity index (χ3n) is 2.10. The van der Waals surface area contributed by atoms with Crippen LogP contribution in [0.1, 0.15) is 34.1 Å². The average Bonchev–Trinajstić information content (AvgIpc) is 1.98. The predicted octanol–water partition coefficient (Wildman–Crippen LogP) is 1.72. The maximum absolute atomic E-state index is 9.57. The van der Waals surface area contributed by atoms with Crippen LogP contribution in [0.4, 0.5) is 0 Å². The molecule has 0 rings (SSSR count). The molecule has 72 valence electrons. The van der Waals surface area contributed by atoms with Gasteiger partial charge in [-0.1, -0.05) is 34.3 Å². The third-order valence-corrected chi connectivity index (χ3v) is 2.10. The van der Waals surface area contributed by atoms with Gasteiger partial charge in [-0.3, -0.25) is 0 Å². The summed E-state index contributed by atoms with van der Waals surface area (Å²) in [5.41, 5.74) is 0.548. The lowest BCUT2D eigenvalue weighted by Gasteiger charge is -2.28. The summed E-state index contributed by atoms with van der Waals surface area (Å²) in [5, 5.41) is 18.9. The summed E-state index contributed by atoms with van der Waals surface area (Å²) in [5.74, 6) is 0. The smallest absolute Gasteiger partial charge is 0.101 e. The van der Waals surface area contributed by atoms with E-state index >= 15 is 0 Å². The molecule has 0 bridgehead atoms. The van der Waals surface area contributed by atoms with E-state index in [0.29, 0.717) is 12.0 Å². The normalized spacial score (nSPS) is 17.2. The van der Waals surface area contributed by atoms with Gasteiger partial charge >= 0.3 is 0 Å². The molecule has 0 radical (unpaired) electrons. The van der Waals surface area contributed by atoms with Crippen LogP contribution in [0.3, 0.4) is 0 Å². The monoisotopic (exact) mass is 172 g/mol. The Morgan fingerprint density at radius 1 is 1.33 bits per heavy atom. The van der Waals surface area contributed by atoms with Crippen molar-refractivity contribution in [1.29, 1.82) is 0 Å². The second kappa shape index (κ2) is 4.06. The van der Waals surface area contributed by atoms with Crippen molar-refractivity contribution >= 4 is 0 Å². The Bertz CT molecular complexity index is 156. The number of hydrogen-bond donors (Lipinski definition) is 2. The summed E-state index contributed by atoms with van der Waals surface area (Å²) in [4.78, 5) is 0. The van der Waals surface area contributed by atoms with Crippen molar-refractivity contribution in [3.63, 3.8) is 0 Å². The van der Waals surface area contributed by atoms with Crippen molar-refractivity contribution in [2.24, 2.45) is 5.41 Å². The molecule has 0 aromatic heterocycles. The van der Waals surface area contributed by atoms with Crippen LogP contribution in [-0.4, -0.2) is 22.4 Å². The standard InChI is InChI=1S/C10H20O2/c1-6-8(11)9(12)7(2)10(3,4)5/h8-9,11-12H,2,6H2,1,3-5H3/t8-,9+/m0/s1. The van der Waals surface area contributed by atoms with Crippen molar-refractivity contribution in [2.75, 3.05) is 0 Å². The van der Waals surface area contributed by atoms with Gasteiger partial charge < -0.3 is 10.2 Å². The van der Waals surface area contributed by atoms with Gasteiger partial charge in [-0.25, -0.2) is 0 Å². The first-order chi connectivity index (χ1) is 5.30. The van der Waals surface area contributed by atoms with Crippen LogP contribution in [0.5, 0.6) is 0 Å². The molecule has 0 aromatic carbocycles. The molecule has 2 atom stereocenters. The molecule has 0 aliphatic carbocycles. The van der Waals surface area contributed by atoms with Crippen LogP contribution in [0, 0.1) is 5.41 Å². The van der Waals surface area contributed by atoms with Crippen molar-refractivity contribution in [3.05, 3.63) is 12.2 Å². The predicted molar refractivity (Wildman–Crippen MR) is 50.9 cm³/mol. The fraction of sp³-hybridized carbons (Fsp3) is 0.800. The van der Waals surface area contributed by atoms with Gasteiger partial charge in [-0.15, -0.1) is 0 Å². The fourth-order valence-corrected chi connectivity index (χ4v) is 0.899. The molecule has 0 aliphatic rings. The van der Waals surface area contributed by atoms with Gasteiger partial charge in [0.1, 0.15) is 6.10 Å². The maximum Gasteiger partial charge on any atom is 0.101 e. The van der Waals surface area contributed by atoms with E-state index < -0.39 is 12.2 Å². The highest BCUT2D eigenvalue weighted by Gasteiger charge is 2.25. The Morgan fingerprint density at radius 2 is 1.75 bits per heavy atom. The zero-order chi connectivity index (χ0) is 9.94. The van der Waals surface area contributed by atoms with E-state index in [2.05, 4.69) is 6.58 Å². The summed E-state index contributed by atoms with van der Waals surface area (Å²) < 4.78 is 0. The average molecular weight is 172 g/mol. The lowest BCUT2D eigenvalue weighted by Crippen LogP contribution is -2.32. The first-order valence-corrected chi connectivity index (χ1v) is 4.36. The topological polar surface area (TPSA) is 40.5 Å². The van der Waals surface area contributed by atoms with E-state index in [0.717, 1.165) is 0 Å². The van der Waals surface area contributed by atoms with Crippen LogP contribution < -0.4 is 0 Å². The van der Waals surface area contributed by atoms with E-state index in [9.17, 15) is 10.2 Å². The molecule has 2 nitrogen and oxygen atoms in total. The Labute approximate surface area is 74.9 Å². The van der Waals surface area contributed by atoms with Crippen LogP contribution in [0.15, 0.2) is 12.2 Å². The van der Waals surface area contributed by atoms with E-state index in [-0.39, 0.29) is 5.41 Å². The summed E-state index contributed by atoms with van der Waals surface area (Å²) in [6, 6.07) is 0. The molecular formula is C10H20O2. The first-order valence-electron chi connectivity index (χ1n) is 4.36. The van der Waals surface area contributed by atoms with Crippen molar-refractivity contribution in [1.82, 2.24) is 0 Å². The van der Waals surface area contributed by atoms with E-state index in [1.807, 2.05) is 27.7 Å². The zero-order valence-electron chi connectivity index (χ0n) is 8.46. The number of aliphatic hydroxyl groups is 2. The lowest BCUT2D eigenvalue weighted by atomic mass is 9.82. The summed E-state index contributed by atoms with van der Waals surface area (Å²) in [6.07, 6.45) is -0.928. The minimum Gasteiger partial charge on any atom is -0.390 e. The highest BCUT2D eigenvalue weighted by molar-refractivity contribution is 5.12. The molecular weight excluding hydrogens is 152 g/mol. The Hall–Kier alpha value is -0.340.